The standard InChI is InChI=1S/C21H37FN2O3/c1-20(2,3)27-19(25)23-13-10-21(11-14-23)8-5-16(6-9-21)24-12-7-18(26-4)17(22)15-24/h16-18H,5-15H2,1-4H3/t17-,18+/m1/s1. The topological polar surface area (TPSA) is 42.0 Å². The van der Waals surface area contributed by atoms with Crippen molar-refractivity contribution in [2.45, 2.75) is 89.6 Å². The van der Waals surface area contributed by atoms with E-state index in [1.165, 1.54) is 12.8 Å². The molecule has 156 valence electrons. The van der Waals surface area contributed by atoms with Gasteiger partial charge in [0.05, 0.1) is 6.10 Å². The second-order valence-corrected chi connectivity index (χ2v) is 9.77. The van der Waals surface area contributed by atoms with Gasteiger partial charge in [0.1, 0.15) is 11.8 Å². The minimum atomic E-state index is -0.864. The van der Waals surface area contributed by atoms with Gasteiger partial charge in [-0.2, -0.15) is 0 Å². The van der Waals surface area contributed by atoms with E-state index in [1.807, 2.05) is 25.7 Å². The highest BCUT2D eigenvalue weighted by Gasteiger charge is 2.42. The fourth-order valence-corrected chi connectivity index (χ4v) is 5.07. The molecule has 1 spiro atoms. The van der Waals surface area contributed by atoms with Gasteiger partial charge in [-0.3, -0.25) is 4.90 Å². The quantitative estimate of drug-likeness (QED) is 0.722. The molecule has 0 aromatic carbocycles. The number of alkyl halides is 1. The molecule has 0 radical (unpaired) electrons. The zero-order chi connectivity index (χ0) is 19.7. The second-order valence-electron chi connectivity index (χ2n) is 9.77. The Kier molecular flexibility index (Phi) is 6.36. The first-order valence-corrected chi connectivity index (χ1v) is 10.6. The van der Waals surface area contributed by atoms with Crippen LogP contribution < -0.4 is 0 Å². The van der Waals surface area contributed by atoms with Crippen LogP contribution in [0.1, 0.15) is 65.7 Å². The molecule has 0 unspecified atom stereocenters. The van der Waals surface area contributed by atoms with E-state index in [0.717, 1.165) is 51.7 Å². The van der Waals surface area contributed by atoms with E-state index >= 15 is 0 Å². The first-order chi connectivity index (χ1) is 12.7. The van der Waals surface area contributed by atoms with Crippen molar-refractivity contribution in [2.24, 2.45) is 5.41 Å². The summed E-state index contributed by atoms with van der Waals surface area (Å²) in [4.78, 5) is 16.5. The number of likely N-dealkylation sites (tertiary alicyclic amines) is 2. The number of ether oxygens (including phenoxy) is 2. The number of piperidine rings is 2. The minimum Gasteiger partial charge on any atom is -0.444 e. The lowest BCUT2D eigenvalue weighted by molar-refractivity contribution is -0.0469. The average Bonchev–Trinajstić information content (AvgIpc) is 2.61. The normalized spacial score (nSPS) is 30.5. The van der Waals surface area contributed by atoms with Crippen molar-refractivity contribution in [3.63, 3.8) is 0 Å². The summed E-state index contributed by atoms with van der Waals surface area (Å²) in [5, 5.41) is 0. The van der Waals surface area contributed by atoms with Gasteiger partial charge in [-0.15, -0.1) is 0 Å². The Balaban J connectivity index is 1.45. The summed E-state index contributed by atoms with van der Waals surface area (Å²) in [7, 11) is 1.61. The Hall–Kier alpha value is -0.880. The lowest BCUT2D eigenvalue weighted by Crippen LogP contribution is -2.52. The van der Waals surface area contributed by atoms with Gasteiger partial charge in [0.15, 0.2) is 0 Å². The number of amides is 1. The molecule has 1 saturated carbocycles. The van der Waals surface area contributed by atoms with Gasteiger partial charge in [0.25, 0.3) is 0 Å². The number of methoxy groups -OCH3 is 1. The van der Waals surface area contributed by atoms with Crippen LogP contribution >= 0.6 is 0 Å². The molecule has 1 amide bonds. The van der Waals surface area contributed by atoms with Crippen molar-refractivity contribution in [2.75, 3.05) is 33.3 Å². The highest BCUT2D eigenvalue weighted by molar-refractivity contribution is 5.68. The van der Waals surface area contributed by atoms with Crippen LogP contribution in [0, 0.1) is 5.41 Å². The Morgan fingerprint density at radius 3 is 2.19 bits per heavy atom. The van der Waals surface area contributed by atoms with E-state index in [0.29, 0.717) is 18.0 Å². The van der Waals surface area contributed by atoms with Crippen molar-refractivity contribution < 1.29 is 18.7 Å². The summed E-state index contributed by atoms with van der Waals surface area (Å²) in [5.41, 5.74) is -0.0657. The first kappa shape index (κ1) is 20.8. The summed E-state index contributed by atoms with van der Waals surface area (Å²) in [6.07, 6.45) is 6.35. The van der Waals surface area contributed by atoms with Crippen LogP contribution in [0.2, 0.25) is 0 Å². The van der Waals surface area contributed by atoms with E-state index in [-0.39, 0.29) is 12.2 Å². The van der Waals surface area contributed by atoms with Crippen LogP contribution in [0.5, 0.6) is 0 Å². The SMILES string of the molecule is CO[C@H]1CCN(C2CCC3(CC2)CCN(C(=O)OC(C)(C)C)CC3)C[C@H]1F. The predicted molar refractivity (Wildman–Crippen MR) is 104 cm³/mol. The summed E-state index contributed by atoms with van der Waals surface area (Å²) in [6.45, 7) is 8.79. The maximum Gasteiger partial charge on any atom is 0.410 e. The van der Waals surface area contributed by atoms with Crippen LogP contribution in [0.25, 0.3) is 0 Å². The number of nitrogens with zero attached hydrogens (tertiary/aromatic N) is 2. The van der Waals surface area contributed by atoms with E-state index in [2.05, 4.69) is 4.90 Å². The van der Waals surface area contributed by atoms with E-state index in [9.17, 15) is 9.18 Å². The third-order valence-corrected chi connectivity index (χ3v) is 6.82. The molecule has 2 heterocycles. The molecule has 2 aliphatic heterocycles. The zero-order valence-electron chi connectivity index (χ0n) is 17.5. The van der Waals surface area contributed by atoms with Gasteiger partial charge in [-0.1, -0.05) is 0 Å². The maximum absolute atomic E-state index is 14.2. The monoisotopic (exact) mass is 384 g/mol. The third-order valence-electron chi connectivity index (χ3n) is 6.82. The van der Waals surface area contributed by atoms with Crippen LogP contribution in [0.15, 0.2) is 0 Å². The molecule has 0 aromatic rings. The molecular weight excluding hydrogens is 347 g/mol. The van der Waals surface area contributed by atoms with Gasteiger partial charge in [-0.05, 0) is 71.1 Å². The summed E-state index contributed by atoms with van der Waals surface area (Å²) < 4.78 is 25.0. The molecule has 2 atom stereocenters. The number of carbonyl (C=O) groups excluding carboxylic acids is 1. The fraction of sp³-hybridized carbons (Fsp3) is 0.952. The number of hydrogen-bond donors (Lipinski definition) is 0. The van der Waals surface area contributed by atoms with Gasteiger partial charge in [-0.25, -0.2) is 9.18 Å². The maximum atomic E-state index is 14.2. The molecule has 6 heteroatoms. The minimum absolute atomic E-state index is 0.180. The Bertz CT molecular complexity index is 504. The van der Waals surface area contributed by atoms with Crippen LogP contribution in [0.3, 0.4) is 0 Å². The number of halogens is 1. The van der Waals surface area contributed by atoms with E-state index < -0.39 is 11.8 Å². The Morgan fingerprint density at radius 1 is 1.04 bits per heavy atom. The molecule has 5 nitrogen and oxygen atoms in total. The lowest BCUT2D eigenvalue weighted by Gasteiger charge is -2.48. The van der Waals surface area contributed by atoms with Crippen molar-refractivity contribution in [1.29, 1.82) is 0 Å². The fourth-order valence-electron chi connectivity index (χ4n) is 5.07. The number of rotatable bonds is 2. The van der Waals surface area contributed by atoms with Gasteiger partial charge in [0.2, 0.25) is 0 Å². The van der Waals surface area contributed by atoms with Gasteiger partial charge >= 0.3 is 6.09 Å². The van der Waals surface area contributed by atoms with Crippen LogP contribution in [0.4, 0.5) is 9.18 Å². The Labute approximate surface area is 163 Å². The highest BCUT2D eigenvalue weighted by Crippen LogP contribution is 2.46. The molecule has 2 saturated heterocycles. The molecule has 3 fully saturated rings. The summed E-state index contributed by atoms with van der Waals surface area (Å²) >= 11 is 0. The molecule has 0 aromatic heterocycles. The van der Waals surface area contributed by atoms with Crippen LogP contribution in [-0.2, 0) is 9.47 Å². The van der Waals surface area contributed by atoms with Gasteiger partial charge in [0, 0.05) is 39.3 Å². The lowest BCUT2D eigenvalue weighted by atomic mass is 9.66. The molecule has 3 aliphatic rings. The van der Waals surface area contributed by atoms with Crippen molar-refractivity contribution in [3.8, 4) is 0 Å². The van der Waals surface area contributed by atoms with E-state index in [4.69, 9.17) is 9.47 Å². The predicted octanol–water partition coefficient (Wildman–Crippen LogP) is 4.01. The largest absolute Gasteiger partial charge is 0.444 e. The second kappa shape index (κ2) is 8.24. The molecule has 0 N–H and O–H groups in total. The average molecular weight is 385 g/mol. The van der Waals surface area contributed by atoms with Gasteiger partial charge < -0.3 is 14.4 Å². The smallest absolute Gasteiger partial charge is 0.410 e. The third kappa shape index (κ3) is 5.14. The van der Waals surface area contributed by atoms with Crippen LogP contribution in [-0.4, -0.2) is 73.1 Å². The molecule has 27 heavy (non-hydrogen) atoms. The molecular formula is C21H37FN2O3. The summed E-state index contributed by atoms with van der Waals surface area (Å²) in [6, 6.07) is 0.510. The van der Waals surface area contributed by atoms with Crippen molar-refractivity contribution in [3.05, 3.63) is 0 Å². The summed E-state index contributed by atoms with van der Waals surface area (Å²) in [5.74, 6) is 0. The van der Waals surface area contributed by atoms with E-state index in [1.54, 1.807) is 7.11 Å². The highest BCUT2D eigenvalue weighted by atomic mass is 19.1. The molecule has 0 bridgehead atoms. The molecule has 1 aliphatic carbocycles. The first-order valence-electron chi connectivity index (χ1n) is 10.6. The zero-order valence-corrected chi connectivity index (χ0v) is 17.5. The number of carbonyl (C=O) groups is 1. The van der Waals surface area contributed by atoms with Crippen molar-refractivity contribution >= 4 is 6.09 Å². The molecule has 3 rings (SSSR count). The van der Waals surface area contributed by atoms with Crippen molar-refractivity contribution in [1.82, 2.24) is 9.80 Å². The number of hydrogen-bond acceptors (Lipinski definition) is 4. The Morgan fingerprint density at radius 2 is 1.67 bits per heavy atom.